The standard InChI is InChI=1S/C18H19N3O3/c1-3-4-12-5-6-15-14(7-12)11(2)17(24-15)18(23)19-9-13-8-16(22)21-10-20-13/h5-8,10H,3-4,9H2,1-2H3,(H,19,23)(H,20,21,22). The monoisotopic (exact) mass is 325 g/mol. The van der Waals surface area contributed by atoms with Gasteiger partial charge in [0.2, 0.25) is 0 Å². The van der Waals surface area contributed by atoms with E-state index in [2.05, 4.69) is 28.3 Å². The Kier molecular flexibility index (Phi) is 4.46. The number of aromatic nitrogens is 2. The third-order valence-electron chi connectivity index (χ3n) is 3.91. The number of hydrogen-bond acceptors (Lipinski definition) is 4. The molecule has 24 heavy (non-hydrogen) atoms. The number of hydrogen-bond donors (Lipinski definition) is 2. The predicted molar refractivity (Wildman–Crippen MR) is 91.0 cm³/mol. The average molecular weight is 325 g/mol. The van der Waals surface area contributed by atoms with Crippen LogP contribution in [0, 0.1) is 6.92 Å². The van der Waals surface area contributed by atoms with Crippen LogP contribution in [0.3, 0.4) is 0 Å². The summed E-state index contributed by atoms with van der Waals surface area (Å²) in [5, 5.41) is 3.69. The van der Waals surface area contributed by atoms with Crippen LogP contribution < -0.4 is 10.9 Å². The molecule has 0 atom stereocenters. The van der Waals surface area contributed by atoms with E-state index in [9.17, 15) is 9.59 Å². The van der Waals surface area contributed by atoms with Gasteiger partial charge in [0, 0.05) is 17.0 Å². The lowest BCUT2D eigenvalue weighted by atomic mass is 10.1. The molecule has 0 bridgehead atoms. The number of amides is 1. The highest BCUT2D eigenvalue weighted by atomic mass is 16.3. The van der Waals surface area contributed by atoms with Crippen molar-refractivity contribution in [2.24, 2.45) is 0 Å². The number of furan rings is 1. The van der Waals surface area contributed by atoms with Crippen molar-refractivity contribution >= 4 is 16.9 Å². The highest BCUT2D eigenvalue weighted by Gasteiger charge is 2.17. The van der Waals surface area contributed by atoms with Gasteiger partial charge in [-0.25, -0.2) is 4.98 Å². The van der Waals surface area contributed by atoms with Crippen LogP contribution in [0.25, 0.3) is 11.0 Å². The van der Waals surface area contributed by atoms with Gasteiger partial charge >= 0.3 is 0 Å². The molecule has 0 saturated heterocycles. The van der Waals surface area contributed by atoms with Crippen LogP contribution in [0.4, 0.5) is 0 Å². The number of nitrogens with zero attached hydrogens (tertiary/aromatic N) is 1. The van der Waals surface area contributed by atoms with Crippen molar-refractivity contribution in [2.45, 2.75) is 33.2 Å². The summed E-state index contributed by atoms with van der Waals surface area (Å²) in [6.07, 6.45) is 3.38. The fourth-order valence-corrected chi connectivity index (χ4v) is 2.69. The smallest absolute Gasteiger partial charge is 0.287 e. The Morgan fingerprint density at radius 3 is 2.92 bits per heavy atom. The second-order valence-electron chi connectivity index (χ2n) is 5.72. The van der Waals surface area contributed by atoms with Crippen molar-refractivity contribution in [2.75, 3.05) is 0 Å². The number of nitrogens with one attached hydrogen (secondary N) is 2. The maximum Gasteiger partial charge on any atom is 0.287 e. The van der Waals surface area contributed by atoms with Crippen molar-refractivity contribution in [1.29, 1.82) is 0 Å². The molecule has 0 saturated carbocycles. The van der Waals surface area contributed by atoms with Gasteiger partial charge in [-0.3, -0.25) is 9.59 Å². The Morgan fingerprint density at radius 2 is 2.17 bits per heavy atom. The number of carbonyl (C=O) groups excluding carboxylic acids is 1. The largest absolute Gasteiger partial charge is 0.451 e. The van der Waals surface area contributed by atoms with Gasteiger partial charge in [0.25, 0.3) is 11.5 Å². The zero-order chi connectivity index (χ0) is 17.1. The Labute approximate surface area is 138 Å². The molecule has 3 aromatic rings. The van der Waals surface area contributed by atoms with E-state index in [0.29, 0.717) is 17.0 Å². The number of carbonyl (C=O) groups is 1. The van der Waals surface area contributed by atoms with Crippen molar-refractivity contribution < 1.29 is 9.21 Å². The zero-order valence-corrected chi connectivity index (χ0v) is 13.7. The van der Waals surface area contributed by atoms with E-state index in [0.717, 1.165) is 23.8 Å². The van der Waals surface area contributed by atoms with Gasteiger partial charge in [0.05, 0.1) is 18.6 Å². The van der Waals surface area contributed by atoms with Crippen LogP contribution in [-0.2, 0) is 13.0 Å². The van der Waals surface area contributed by atoms with E-state index in [1.807, 2.05) is 19.1 Å². The summed E-state index contributed by atoms with van der Waals surface area (Å²) in [7, 11) is 0. The molecule has 2 aromatic heterocycles. The molecule has 0 aliphatic heterocycles. The molecule has 6 heteroatoms. The molecule has 1 aromatic carbocycles. The van der Waals surface area contributed by atoms with Gasteiger partial charge in [-0.2, -0.15) is 0 Å². The van der Waals surface area contributed by atoms with E-state index in [-0.39, 0.29) is 18.0 Å². The molecule has 0 spiro atoms. The van der Waals surface area contributed by atoms with Crippen molar-refractivity contribution in [3.63, 3.8) is 0 Å². The van der Waals surface area contributed by atoms with Crippen molar-refractivity contribution in [3.8, 4) is 0 Å². The van der Waals surface area contributed by atoms with Crippen LogP contribution >= 0.6 is 0 Å². The lowest BCUT2D eigenvalue weighted by molar-refractivity contribution is 0.0924. The number of H-pyrrole nitrogens is 1. The Hall–Kier alpha value is -2.89. The van der Waals surface area contributed by atoms with Crippen LogP contribution in [0.1, 0.15) is 40.7 Å². The predicted octanol–water partition coefficient (Wildman–Crippen LogP) is 2.71. The molecule has 124 valence electrons. The molecule has 2 heterocycles. The summed E-state index contributed by atoms with van der Waals surface area (Å²) < 4.78 is 5.71. The first-order valence-electron chi connectivity index (χ1n) is 7.92. The fraction of sp³-hybridized carbons (Fsp3) is 0.278. The van der Waals surface area contributed by atoms with E-state index >= 15 is 0 Å². The Morgan fingerprint density at radius 1 is 1.33 bits per heavy atom. The summed E-state index contributed by atoms with van der Waals surface area (Å²) in [5.74, 6) is -0.0219. The highest BCUT2D eigenvalue weighted by molar-refractivity contribution is 5.99. The Bertz CT molecular complexity index is 940. The SMILES string of the molecule is CCCc1ccc2oc(C(=O)NCc3cc(=O)[nH]cn3)c(C)c2c1. The number of fused-ring (bicyclic) bond motifs is 1. The van der Waals surface area contributed by atoms with Crippen LogP contribution in [0.5, 0.6) is 0 Å². The molecule has 0 fully saturated rings. The second-order valence-corrected chi connectivity index (χ2v) is 5.72. The van der Waals surface area contributed by atoms with E-state index in [1.54, 1.807) is 0 Å². The van der Waals surface area contributed by atoms with Crippen LogP contribution in [-0.4, -0.2) is 15.9 Å². The minimum absolute atomic E-state index is 0.167. The third-order valence-corrected chi connectivity index (χ3v) is 3.91. The van der Waals surface area contributed by atoms with Gasteiger partial charge < -0.3 is 14.7 Å². The summed E-state index contributed by atoms with van der Waals surface area (Å²) >= 11 is 0. The number of aryl methyl sites for hydroxylation is 2. The lowest BCUT2D eigenvalue weighted by Gasteiger charge is -2.02. The van der Waals surface area contributed by atoms with E-state index in [1.165, 1.54) is 18.0 Å². The molecule has 3 rings (SSSR count). The van der Waals surface area contributed by atoms with Gasteiger partial charge in [0.15, 0.2) is 5.76 Å². The molecule has 1 amide bonds. The third kappa shape index (κ3) is 3.22. The first-order chi connectivity index (χ1) is 11.6. The van der Waals surface area contributed by atoms with Crippen molar-refractivity contribution in [3.05, 3.63) is 63.5 Å². The van der Waals surface area contributed by atoms with Gasteiger partial charge in [-0.15, -0.1) is 0 Å². The zero-order valence-electron chi connectivity index (χ0n) is 13.7. The average Bonchev–Trinajstić information content (AvgIpc) is 2.90. The number of benzene rings is 1. The van der Waals surface area contributed by atoms with Crippen molar-refractivity contribution in [1.82, 2.24) is 15.3 Å². The van der Waals surface area contributed by atoms with Gasteiger partial charge in [0.1, 0.15) is 5.58 Å². The minimum Gasteiger partial charge on any atom is -0.451 e. The molecule has 0 unspecified atom stereocenters. The molecule has 2 N–H and O–H groups in total. The summed E-state index contributed by atoms with van der Waals surface area (Å²) in [4.78, 5) is 30.1. The summed E-state index contributed by atoms with van der Waals surface area (Å²) in [6.45, 7) is 4.18. The lowest BCUT2D eigenvalue weighted by Crippen LogP contribution is -2.24. The van der Waals surface area contributed by atoms with Crippen LogP contribution in [0.15, 0.2) is 39.8 Å². The first kappa shape index (κ1) is 16.0. The maximum absolute atomic E-state index is 12.4. The quantitative estimate of drug-likeness (QED) is 0.755. The molecular weight excluding hydrogens is 306 g/mol. The second kappa shape index (κ2) is 6.70. The molecule has 0 aliphatic rings. The fourth-order valence-electron chi connectivity index (χ4n) is 2.69. The van der Waals surface area contributed by atoms with Gasteiger partial charge in [-0.05, 0) is 31.0 Å². The number of rotatable bonds is 5. The van der Waals surface area contributed by atoms with E-state index in [4.69, 9.17) is 4.42 Å². The Balaban J connectivity index is 1.81. The summed E-state index contributed by atoms with van der Waals surface area (Å²) in [6, 6.07) is 7.36. The van der Waals surface area contributed by atoms with Gasteiger partial charge in [-0.1, -0.05) is 19.4 Å². The number of aromatic amines is 1. The molecule has 6 nitrogen and oxygen atoms in total. The maximum atomic E-state index is 12.4. The van der Waals surface area contributed by atoms with E-state index < -0.39 is 0 Å². The minimum atomic E-state index is -0.317. The summed E-state index contributed by atoms with van der Waals surface area (Å²) in [5.41, 5.74) is 2.99. The topological polar surface area (TPSA) is 88.0 Å². The molecule has 0 radical (unpaired) electrons. The normalized spacial score (nSPS) is 10.9. The molecular formula is C18H19N3O3. The first-order valence-corrected chi connectivity index (χ1v) is 7.92. The highest BCUT2D eigenvalue weighted by Crippen LogP contribution is 2.26. The molecule has 0 aliphatic carbocycles. The van der Waals surface area contributed by atoms with Crippen LogP contribution in [0.2, 0.25) is 0 Å².